The predicted octanol–water partition coefficient (Wildman–Crippen LogP) is 1.89. The Morgan fingerprint density at radius 3 is 2.76 bits per heavy atom. The van der Waals surface area contributed by atoms with Crippen LogP contribution < -0.4 is 10.2 Å². The zero-order valence-electron chi connectivity index (χ0n) is 10.6. The van der Waals surface area contributed by atoms with E-state index in [-0.39, 0.29) is 5.82 Å². The van der Waals surface area contributed by atoms with Gasteiger partial charge in [0.1, 0.15) is 5.82 Å². The minimum atomic E-state index is -0.172. The maximum absolute atomic E-state index is 13.4. The fraction of sp³-hybridized carbons (Fsp3) is 0.538. The molecule has 1 rings (SSSR count). The molecular formula is C13H21FN2O. The minimum absolute atomic E-state index is 0.172. The van der Waals surface area contributed by atoms with Crippen molar-refractivity contribution in [1.29, 1.82) is 0 Å². The van der Waals surface area contributed by atoms with Crippen LogP contribution in [0.1, 0.15) is 6.42 Å². The lowest BCUT2D eigenvalue weighted by atomic mass is 10.3. The first-order valence-corrected chi connectivity index (χ1v) is 5.91. The molecule has 1 aromatic rings. The van der Waals surface area contributed by atoms with Gasteiger partial charge in [-0.15, -0.1) is 0 Å². The van der Waals surface area contributed by atoms with Gasteiger partial charge in [0.25, 0.3) is 0 Å². The van der Waals surface area contributed by atoms with E-state index in [0.717, 1.165) is 32.7 Å². The smallest absolute Gasteiger partial charge is 0.146 e. The van der Waals surface area contributed by atoms with Crippen molar-refractivity contribution in [3.05, 3.63) is 30.1 Å². The number of hydrogen-bond acceptors (Lipinski definition) is 3. The van der Waals surface area contributed by atoms with Crippen LogP contribution in [0.4, 0.5) is 10.1 Å². The molecular weight excluding hydrogens is 219 g/mol. The first-order chi connectivity index (χ1) is 8.25. The van der Waals surface area contributed by atoms with Crippen LogP contribution in [0.2, 0.25) is 0 Å². The molecule has 4 heteroatoms. The second-order valence-corrected chi connectivity index (χ2v) is 3.97. The molecule has 0 aromatic heterocycles. The Kier molecular flexibility index (Phi) is 6.58. The summed E-state index contributed by atoms with van der Waals surface area (Å²) >= 11 is 0. The van der Waals surface area contributed by atoms with E-state index in [4.69, 9.17) is 4.74 Å². The molecule has 1 aromatic carbocycles. The van der Waals surface area contributed by atoms with Crippen molar-refractivity contribution >= 4 is 5.69 Å². The van der Waals surface area contributed by atoms with Gasteiger partial charge in [-0.25, -0.2) is 4.39 Å². The van der Waals surface area contributed by atoms with Gasteiger partial charge in [0.05, 0.1) is 5.69 Å². The van der Waals surface area contributed by atoms with E-state index in [2.05, 4.69) is 5.32 Å². The molecule has 0 unspecified atom stereocenters. The summed E-state index contributed by atoms with van der Waals surface area (Å²) in [6.45, 7) is 3.33. The van der Waals surface area contributed by atoms with Crippen molar-refractivity contribution in [3.8, 4) is 0 Å². The quantitative estimate of drug-likeness (QED) is 0.702. The Morgan fingerprint density at radius 2 is 2.06 bits per heavy atom. The second-order valence-electron chi connectivity index (χ2n) is 3.97. The highest BCUT2D eigenvalue weighted by Gasteiger charge is 2.05. The number of benzene rings is 1. The second kappa shape index (κ2) is 8.03. The summed E-state index contributed by atoms with van der Waals surface area (Å²) in [5.41, 5.74) is 0.645. The maximum Gasteiger partial charge on any atom is 0.146 e. The maximum atomic E-state index is 13.4. The van der Waals surface area contributed by atoms with Gasteiger partial charge in [0.2, 0.25) is 0 Å². The molecule has 0 fully saturated rings. The molecule has 0 aliphatic rings. The first-order valence-electron chi connectivity index (χ1n) is 5.91. The highest BCUT2D eigenvalue weighted by Crippen LogP contribution is 2.16. The van der Waals surface area contributed by atoms with Crippen LogP contribution in [0, 0.1) is 5.82 Å². The molecule has 0 saturated heterocycles. The van der Waals surface area contributed by atoms with E-state index in [1.165, 1.54) is 6.07 Å². The molecule has 96 valence electrons. The lowest BCUT2D eigenvalue weighted by Crippen LogP contribution is -2.30. The summed E-state index contributed by atoms with van der Waals surface area (Å²) in [5.74, 6) is -0.172. The van der Waals surface area contributed by atoms with Crippen molar-refractivity contribution in [3.63, 3.8) is 0 Å². The summed E-state index contributed by atoms with van der Waals surface area (Å²) in [6.07, 6.45) is 1.000. The monoisotopic (exact) mass is 240 g/mol. The molecule has 0 aliphatic heterocycles. The van der Waals surface area contributed by atoms with E-state index in [1.807, 2.05) is 18.0 Å². The summed E-state index contributed by atoms with van der Waals surface area (Å²) in [4.78, 5) is 1.92. The van der Waals surface area contributed by atoms with E-state index in [9.17, 15) is 4.39 Å². The van der Waals surface area contributed by atoms with Crippen molar-refractivity contribution in [2.24, 2.45) is 0 Å². The average molecular weight is 240 g/mol. The summed E-state index contributed by atoms with van der Waals surface area (Å²) in [7, 11) is 3.60. The minimum Gasteiger partial charge on any atom is -0.385 e. The number of likely N-dealkylation sites (N-methyl/N-ethyl adjacent to an activating group) is 1. The number of nitrogens with zero attached hydrogens (tertiary/aromatic N) is 1. The molecule has 0 aliphatic carbocycles. The van der Waals surface area contributed by atoms with Gasteiger partial charge >= 0.3 is 0 Å². The van der Waals surface area contributed by atoms with Crippen molar-refractivity contribution in [2.75, 3.05) is 45.3 Å². The Balaban J connectivity index is 2.21. The van der Waals surface area contributed by atoms with Gasteiger partial charge in [0.15, 0.2) is 0 Å². The number of anilines is 1. The zero-order valence-corrected chi connectivity index (χ0v) is 10.6. The van der Waals surface area contributed by atoms with Crippen LogP contribution in [0.25, 0.3) is 0 Å². The summed E-state index contributed by atoms with van der Waals surface area (Å²) in [5, 5.41) is 3.30. The molecule has 0 atom stereocenters. The van der Waals surface area contributed by atoms with Gasteiger partial charge in [0, 0.05) is 33.9 Å². The van der Waals surface area contributed by atoms with E-state index < -0.39 is 0 Å². The Morgan fingerprint density at radius 1 is 1.29 bits per heavy atom. The molecule has 1 N–H and O–H groups in total. The normalized spacial score (nSPS) is 10.5. The number of rotatable bonds is 8. The van der Waals surface area contributed by atoms with Crippen molar-refractivity contribution in [2.45, 2.75) is 6.42 Å². The van der Waals surface area contributed by atoms with Crippen LogP contribution in [-0.4, -0.2) is 40.4 Å². The number of para-hydroxylation sites is 1. The van der Waals surface area contributed by atoms with Gasteiger partial charge in [-0.1, -0.05) is 12.1 Å². The summed E-state index contributed by atoms with van der Waals surface area (Å²) in [6, 6.07) is 6.83. The number of nitrogens with one attached hydrogen (secondary N) is 1. The van der Waals surface area contributed by atoms with Crippen LogP contribution in [0.15, 0.2) is 24.3 Å². The van der Waals surface area contributed by atoms with Crippen molar-refractivity contribution in [1.82, 2.24) is 5.32 Å². The van der Waals surface area contributed by atoms with Crippen molar-refractivity contribution < 1.29 is 9.13 Å². The fourth-order valence-electron chi connectivity index (χ4n) is 1.60. The third-order valence-electron chi connectivity index (χ3n) is 2.59. The van der Waals surface area contributed by atoms with Gasteiger partial charge in [-0.05, 0) is 25.1 Å². The number of halogens is 1. The SMILES string of the molecule is COCCCNCCN(C)c1ccccc1F. The van der Waals surface area contributed by atoms with Crippen LogP contribution in [-0.2, 0) is 4.74 Å². The topological polar surface area (TPSA) is 24.5 Å². The molecule has 0 saturated carbocycles. The Hall–Kier alpha value is -1.13. The highest BCUT2D eigenvalue weighted by molar-refractivity contribution is 5.46. The van der Waals surface area contributed by atoms with Crippen LogP contribution in [0.5, 0.6) is 0 Å². The Bertz CT molecular complexity index is 320. The first kappa shape index (κ1) is 13.9. The molecule has 17 heavy (non-hydrogen) atoms. The number of hydrogen-bond donors (Lipinski definition) is 1. The van der Waals surface area contributed by atoms with Crippen LogP contribution in [0.3, 0.4) is 0 Å². The predicted molar refractivity (Wildman–Crippen MR) is 69.0 cm³/mol. The van der Waals surface area contributed by atoms with E-state index in [0.29, 0.717) is 5.69 Å². The lowest BCUT2D eigenvalue weighted by molar-refractivity contribution is 0.194. The molecule has 3 nitrogen and oxygen atoms in total. The molecule has 0 radical (unpaired) electrons. The average Bonchev–Trinajstić information content (AvgIpc) is 2.34. The standard InChI is InChI=1S/C13H21FN2O/c1-16(10-9-15-8-5-11-17-2)13-7-4-3-6-12(13)14/h3-4,6-7,15H,5,8-11H2,1-2H3. The Labute approximate surface area is 103 Å². The zero-order chi connectivity index (χ0) is 12.5. The van der Waals surface area contributed by atoms with E-state index in [1.54, 1.807) is 19.2 Å². The number of methoxy groups -OCH3 is 1. The highest BCUT2D eigenvalue weighted by atomic mass is 19.1. The summed E-state index contributed by atoms with van der Waals surface area (Å²) < 4.78 is 18.4. The fourth-order valence-corrected chi connectivity index (χ4v) is 1.60. The van der Waals surface area contributed by atoms with Crippen LogP contribution >= 0.6 is 0 Å². The van der Waals surface area contributed by atoms with E-state index >= 15 is 0 Å². The lowest BCUT2D eigenvalue weighted by Gasteiger charge is -2.20. The van der Waals surface area contributed by atoms with Gasteiger partial charge in [-0.3, -0.25) is 0 Å². The van der Waals surface area contributed by atoms with Gasteiger partial charge in [-0.2, -0.15) is 0 Å². The molecule has 0 amide bonds. The third kappa shape index (κ3) is 5.15. The third-order valence-corrected chi connectivity index (χ3v) is 2.59. The molecule has 0 bridgehead atoms. The molecule has 0 heterocycles. The molecule has 0 spiro atoms. The van der Waals surface area contributed by atoms with Gasteiger partial charge < -0.3 is 15.0 Å². The largest absolute Gasteiger partial charge is 0.385 e. The number of ether oxygens (including phenoxy) is 1.